The average molecular weight is 466 g/mol. The monoisotopic (exact) mass is 466 g/mol. The van der Waals surface area contributed by atoms with E-state index in [1.165, 1.54) is 27.7 Å². The van der Waals surface area contributed by atoms with Crippen LogP contribution >= 0.6 is 0 Å². The van der Waals surface area contributed by atoms with Crippen LogP contribution in [-0.4, -0.2) is 43.9 Å². The third-order valence-electron chi connectivity index (χ3n) is 4.12. The number of aromatic nitrogens is 1. The summed E-state index contributed by atoms with van der Waals surface area (Å²) >= 11 is 0. The molecule has 0 unspecified atom stereocenters. The minimum atomic E-state index is -4.89. The van der Waals surface area contributed by atoms with Gasteiger partial charge in [0.1, 0.15) is 20.2 Å². The summed E-state index contributed by atoms with van der Waals surface area (Å²) in [5, 5.41) is 0. The van der Waals surface area contributed by atoms with Gasteiger partial charge in [-0.15, -0.1) is 0 Å². The number of hydrogen-bond acceptors (Lipinski definition) is 7. The molecule has 1 aromatic heterocycles. The van der Waals surface area contributed by atoms with Crippen LogP contribution in [0.4, 0.5) is 8.63 Å². The second-order valence-corrected chi connectivity index (χ2v) is 8.69. The van der Waals surface area contributed by atoms with Crippen LogP contribution in [0.5, 0.6) is 0 Å². The Kier molecular flexibility index (Phi) is 10.3. The Hall–Kier alpha value is 0.175. The predicted octanol–water partition coefficient (Wildman–Crippen LogP) is -4.02. The van der Waals surface area contributed by atoms with Crippen molar-refractivity contribution in [1.29, 1.82) is 0 Å². The fourth-order valence-electron chi connectivity index (χ4n) is 3.22. The van der Waals surface area contributed by atoms with E-state index in [2.05, 4.69) is 9.98 Å². The minimum Gasteiger partial charge on any atom is -0.744 e. The Balaban J connectivity index is 0.00000392. The fourth-order valence-corrected chi connectivity index (χ4v) is 5.01. The molecule has 29 heavy (non-hydrogen) atoms. The van der Waals surface area contributed by atoms with E-state index in [1.54, 1.807) is 0 Å². The van der Waals surface area contributed by atoms with Crippen molar-refractivity contribution < 1.29 is 93.7 Å². The number of aromatic amines is 1. The van der Waals surface area contributed by atoms with E-state index in [4.69, 9.17) is 0 Å². The molecular formula is C14H15BF2N2Na2O6S2. The molecule has 0 atom stereocenters. The van der Waals surface area contributed by atoms with Crippen molar-refractivity contribution in [3.8, 4) is 0 Å². The summed E-state index contributed by atoms with van der Waals surface area (Å²) in [5.41, 5.74) is -0.806. The molecule has 0 aromatic carbocycles. The molecule has 0 amide bonds. The summed E-state index contributed by atoms with van der Waals surface area (Å²) in [6.45, 7) is 5.07. The van der Waals surface area contributed by atoms with Crippen molar-refractivity contribution in [2.24, 2.45) is 4.99 Å². The van der Waals surface area contributed by atoms with Crippen LogP contribution in [0.3, 0.4) is 0 Å². The molecule has 1 aliphatic rings. The first kappa shape index (κ1) is 29.2. The van der Waals surface area contributed by atoms with Gasteiger partial charge < -0.3 is 14.1 Å². The van der Waals surface area contributed by atoms with Gasteiger partial charge >= 0.3 is 66.4 Å². The maximum atomic E-state index is 13.2. The molecule has 0 aliphatic carbocycles. The van der Waals surface area contributed by atoms with E-state index in [0.717, 1.165) is 0 Å². The predicted molar refractivity (Wildman–Crippen MR) is 93.4 cm³/mol. The summed E-state index contributed by atoms with van der Waals surface area (Å²) in [6, 6.07) is 0. The summed E-state index contributed by atoms with van der Waals surface area (Å²) in [4.78, 5) is 5.38. The first-order valence-corrected chi connectivity index (χ1v) is 10.4. The fraction of sp³-hybridized carbons (Fsp3) is 0.357. The molecule has 1 N–H and O–H groups in total. The van der Waals surface area contributed by atoms with Gasteiger partial charge in [-0.1, -0.05) is 0 Å². The maximum Gasteiger partial charge on any atom is 1.00 e. The smallest absolute Gasteiger partial charge is 0.744 e. The zero-order valence-electron chi connectivity index (χ0n) is 16.8. The van der Waals surface area contributed by atoms with Crippen molar-refractivity contribution in [3.05, 3.63) is 33.1 Å². The number of rotatable bonds is 5. The third kappa shape index (κ3) is 6.12. The van der Waals surface area contributed by atoms with Gasteiger partial charge in [-0.25, -0.2) is 16.8 Å². The summed E-state index contributed by atoms with van der Waals surface area (Å²) in [6.07, 6.45) is -0.894. The SMILES string of the molecule is CC1=N/C(=C(/CB(F)F)c2[nH]c(C)c(S(=O)(=O)[O-])c2C)C(C)=C1S(=O)(=O)[O-].[Na+].[Na+]. The second-order valence-electron chi connectivity index (χ2n) is 6.06. The van der Waals surface area contributed by atoms with Gasteiger partial charge in [-0.2, -0.15) is 0 Å². The first-order valence-electron chi connectivity index (χ1n) is 7.55. The first-order chi connectivity index (χ1) is 12.2. The largest absolute Gasteiger partial charge is 1.00 e. The third-order valence-corrected chi connectivity index (χ3v) is 6.33. The summed E-state index contributed by atoms with van der Waals surface area (Å²) in [7, 11) is -12.6. The number of aliphatic imine (C=N–C) groups is 1. The number of nitrogens with zero attached hydrogens (tertiary/aromatic N) is 1. The van der Waals surface area contributed by atoms with Gasteiger partial charge in [0.15, 0.2) is 0 Å². The number of H-pyrrole nitrogens is 1. The Labute approximate surface area is 212 Å². The van der Waals surface area contributed by atoms with Crippen LogP contribution in [0.1, 0.15) is 30.8 Å². The summed E-state index contributed by atoms with van der Waals surface area (Å²) < 4.78 is 95.1. The number of nitrogens with one attached hydrogen (secondary N) is 1. The summed E-state index contributed by atoms with van der Waals surface area (Å²) in [5.74, 6) is 0. The van der Waals surface area contributed by atoms with E-state index in [9.17, 15) is 34.6 Å². The minimum absolute atomic E-state index is 0. The van der Waals surface area contributed by atoms with Crippen LogP contribution in [-0.2, 0) is 20.2 Å². The van der Waals surface area contributed by atoms with E-state index < -0.39 is 43.6 Å². The van der Waals surface area contributed by atoms with Crippen molar-refractivity contribution in [2.75, 3.05) is 0 Å². The molecule has 0 spiro atoms. The topological polar surface area (TPSA) is 143 Å². The quantitative estimate of drug-likeness (QED) is 0.346. The van der Waals surface area contributed by atoms with Crippen molar-refractivity contribution in [2.45, 2.75) is 38.9 Å². The van der Waals surface area contributed by atoms with E-state index in [0.29, 0.717) is 0 Å². The van der Waals surface area contributed by atoms with E-state index >= 15 is 0 Å². The molecule has 0 saturated heterocycles. The second kappa shape index (κ2) is 10.2. The molecular weight excluding hydrogens is 451 g/mol. The molecule has 1 aliphatic heterocycles. The van der Waals surface area contributed by atoms with Gasteiger partial charge in [-0.05, 0) is 38.8 Å². The van der Waals surface area contributed by atoms with Crippen LogP contribution in [0.2, 0.25) is 6.32 Å². The molecule has 148 valence electrons. The molecule has 15 heteroatoms. The van der Waals surface area contributed by atoms with Gasteiger partial charge in [0.2, 0.25) is 0 Å². The molecule has 1 aromatic rings. The van der Waals surface area contributed by atoms with Gasteiger partial charge in [0.05, 0.1) is 21.2 Å². The molecule has 0 radical (unpaired) electrons. The van der Waals surface area contributed by atoms with Gasteiger partial charge in [0.25, 0.3) is 0 Å². The number of aryl methyl sites for hydroxylation is 1. The number of hydrogen-bond donors (Lipinski definition) is 1. The van der Waals surface area contributed by atoms with Crippen molar-refractivity contribution in [1.82, 2.24) is 4.98 Å². The van der Waals surface area contributed by atoms with Gasteiger partial charge in [0, 0.05) is 23.3 Å². The van der Waals surface area contributed by atoms with E-state index in [1.807, 2.05) is 0 Å². The van der Waals surface area contributed by atoms with Crippen LogP contribution in [0.15, 0.2) is 26.1 Å². The normalized spacial score (nSPS) is 16.2. The van der Waals surface area contributed by atoms with Crippen LogP contribution < -0.4 is 59.1 Å². The molecule has 0 bridgehead atoms. The Morgan fingerprint density at radius 2 is 1.55 bits per heavy atom. The Bertz CT molecular complexity index is 1130. The maximum absolute atomic E-state index is 13.2. The van der Waals surface area contributed by atoms with Crippen molar-refractivity contribution >= 4 is 38.8 Å². The Morgan fingerprint density at radius 3 is 1.90 bits per heavy atom. The molecule has 0 fully saturated rings. The van der Waals surface area contributed by atoms with Crippen molar-refractivity contribution in [3.63, 3.8) is 0 Å². The molecule has 0 saturated carbocycles. The molecule has 2 heterocycles. The van der Waals surface area contributed by atoms with Crippen LogP contribution in [0, 0.1) is 13.8 Å². The average Bonchev–Trinajstić information content (AvgIpc) is 2.91. The zero-order valence-corrected chi connectivity index (χ0v) is 22.4. The standard InChI is InChI=1S/C14H17BF2N2O6S2.2Na/c1-6-11(18-8(3)13(6)26(20,21)22)10(5-15(16)17)12-7(2)14(9(4)19-12)27(23,24)25;;/h18H,5H2,1-4H3,(H,20,21,22)(H,23,24,25);;/q;2*+1/p-2/b12-10-;;. The number of halogens is 2. The number of allylic oxidation sites excluding steroid dienone is 3. The Morgan fingerprint density at radius 1 is 1.03 bits per heavy atom. The zero-order chi connectivity index (χ0) is 20.9. The van der Waals surface area contributed by atoms with Crippen LogP contribution in [0.25, 0.3) is 5.57 Å². The molecule has 8 nitrogen and oxygen atoms in total. The van der Waals surface area contributed by atoms with E-state index in [-0.39, 0.29) is 98.6 Å². The van der Waals surface area contributed by atoms with Gasteiger partial charge in [-0.3, -0.25) is 13.6 Å². The molecule has 2 rings (SSSR count).